The van der Waals surface area contributed by atoms with Gasteiger partial charge in [-0.3, -0.25) is 9.59 Å². The van der Waals surface area contributed by atoms with Crippen molar-refractivity contribution in [2.24, 2.45) is 11.8 Å². The van der Waals surface area contributed by atoms with Crippen LogP contribution in [0.5, 0.6) is 0 Å². The molecule has 0 bridgehead atoms. The second kappa shape index (κ2) is 5.51. The van der Waals surface area contributed by atoms with Crippen LogP contribution in [0.4, 0.5) is 0 Å². The van der Waals surface area contributed by atoms with Gasteiger partial charge in [0.15, 0.2) is 0 Å². The summed E-state index contributed by atoms with van der Waals surface area (Å²) in [7, 11) is 1.81. The van der Waals surface area contributed by atoms with Crippen LogP contribution >= 0.6 is 0 Å². The topological polar surface area (TPSA) is 57.6 Å². The van der Waals surface area contributed by atoms with Gasteiger partial charge in [-0.05, 0) is 31.6 Å². The molecule has 19 heavy (non-hydrogen) atoms. The molecule has 2 rings (SSSR count). The first-order chi connectivity index (χ1) is 8.96. The molecule has 1 N–H and O–H groups in total. The molecule has 1 atom stereocenters. The highest BCUT2D eigenvalue weighted by Gasteiger charge is 2.43. The van der Waals surface area contributed by atoms with Gasteiger partial charge in [-0.2, -0.15) is 0 Å². The predicted molar refractivity (Wildman–Crippen MR) is 72.7 cm³/mol. The summed E-state index contributed by atoms with van der Waals surface area (Å²) in [5, 5.41) is 9.18. The van der Waals surface area contributed by atoms with E-state index in [4.69, 9.17) is 0 Å². The molecule has 2 aliphatic carbocycles. The zero-order valence-corrected chi connectivity index (χ0v) is 12.0. The van der Waals surface area contributed by atoms with Crippen LogP contribution in [-0.2, 0) is 9.59 Å². The molecule has 0 aromatic carbocycles. The summed E-state index contributed by atoms with van der Waals surface area (Å²) in [6.45, 7) is 1.99. The molecule has 0 saturated heterocycles. The maximum Gasteiger partial charge on any atom is 0.305 e. The van der Waals surface area contributed by atoms with E-state index in [1.54, 1.807) is 4.90 Å². The molecular weight excluding hydrogens is 242 g/mol. The van der Waals surface area contributed by atoms with Gasteiger partial charge in [0.1, 0.15) is 0 Å². The molecule has 0 aromatic heterocycles. The van der Waals surface area contributed by atoms with Gasteiger partial charge in [0.25, 0.3) is 0 Å². The van der Waals surface area contributed by atoms with Crippen molar-refractivity contribution >= 4 is 11.9 Å². The molecule has 0 aromatic rings. The van der Waals surface area contributed by atoms with Crippen LogP contribution in [0.25, 0.3) is 0 Å². The van der Waals surface area contributed by atoms with Crippen LogP contribution in [0.3, 0.4) is 0 Å². The highest BCUT2D eigenvalue weighted by Crippen LogP contribution is 2.41. The lowest BCUT2D eigenvalue weighted by Crippen LogP contribution is -2.53. The summed E-state index contributed by atoms with van der Waals surface area (Å²) >= 11 is 0. The SMILES string of the molecule is CC(C(=O)N(C)C1(CC(=O)O)CCCCC1)C1CC1. The number of rotatable bonds is 5. The van der Waals surface area contributed by atoms with Crippen molar-refractivity contribution in [1.29, 1.82) is 0 Å². The van der Waals surface area contributed by atoms with Crippen molar-refractivity contribution in [1.82, 2.24) is 4.90 Å². The van der Waals surface area contributed by atoms with Crippen molar-refractivity contribution in [2.75, 3.05) is 7.05 Å². The highest BCUT2D eigenvalue weighted by atomic mass is 16.4. The number of carbonyl (C=O) groups is 2. The lowest BCUT2D eigenvalue weighted by molar-refractivity contribution is -0.148. The quantitative estimate of drug-likeness (QED) is 0.833. The van der Waals surface area contributed by atoms with Crippen LogP contribution in [0.1, 0.15) is 58.3 Å². The van der Waals surface area contributed by atoms with Crippen molar-refractivity contribution in [3.8, 4) is 0 Å². The van der Waals surface area contributed by atoms with E-state index in [0.717, 1.165) is 44.9 Å². The van der Waals surface area contributed by atoms with Gasteiger partial charge in [0.2, 0.25) is 5.91 Å². The Kier molecular flexibility index (Phi) is 4.16. The molecule has 0 spiro atoms. The van der Waals surface area contributed by atoms with Gasteiger partial charge in [-0.15, -0.1) is 0 Å². The minimum absolute atomic E-state index is 0.0533. The monoisotopic (exact) mass is 267 g/mol. The number of amides is 1. The Labute approximate surface area is 115 Å². The average Bonchev–Trinajstić information content (AvgIpc) is 3.20. The second-order valence-electron chi connectivity index (χ2n) is 6.38. The normalized spacial score (nSPS) is 23.7. The Morgan fingerprint density at radius 1 is 1.26 bits per heavy atom. The first kappa shape index (κ1) is 14.4. The maximum absolute atomic E-state index is 12.5. The summed E-state index contributed by atoms with van der Waals surface area (Å²) < 4.78 is 0. The molecule has 1 amide bonds. The summed E-state index contributed by atoms with van der Waals surface area (Å²) in [4.78, 5) is 25.5. The fourth-order valence-corrected chi connectivity index (χ4v) is 3.46. The number of carboxylic acid groups (broad SMARTS) is 1. The van der Waals surface area contributed by atoms with Crippen LogP contribution in [0.15, 0.2) is 0 Å². The number of aliphatic carboxylic acids is 1. The molecule has 2 saturated carbocycles. The number of nitrogens with zero attached hydrogens (tertiary/aromatic N) is 1. The van der Waals surface area contributed by atoms with Crippen molar-refractivity contribution in [3.05, 3.63) is 0 Å². The zero-order chi connectivity index (χ0) is 14.0. The lowest BCUT2D eigenvalue weighted by atomic mass is 9.77. The van der Waals surface area contributed by atoms with Gasteiger partial charge >= 0.3 is 5.97 Å². The van der Waals surface area contributed by atoms with Gasteiger partial charge in [-0.25, -0.2) is 0 Å². The molecule has 0 radical (unpaired) electrons. The summed E-state index contributed by atoms with van der Waals surface area (Å²) in [6, 6.07) is 0. The Morgan fingerprint density at radius 2 is 1.84 bits per heavy atom. The van der Waals surface area contributed by atoms with Gasteiger partial charge in [-0.1, -0.05) is 26.2 Å². The van der Waals surface area contributed by atoms with Gasteiger partial charge in [0, 0.05) is 13.0 Å². The molecule has 0 aliphatic heterocycles. The molecule has 1 unspecified atom stereocenters. The molecule has 0 heterocycles. The summed E-state index contributed by atoms with van der Waals surface area (Å²) in [5.74, 6) is -0.0655. The molecule has 2 aliphatic rings. The van der Waals surface area contributed by atoms with E-state index in [1.165, 1.54) is 0 Å². The zero-order valence-electron chi connectivity index (χ0n) is 12.0. The Bertz CT molecular complexity index is 356. The summed E-state index contributed by atoms with van der Waals surface area (Å²) in [6.07, 6.45) is 7.26. The first-order valence-corrected chi connectivity index (χ1v) is 7.46. The van der Waals surface area contributed by atoms with Crippen LogP contribution in [0.2, 0.25) is 0 Å². The first-order valence-electron chi connectivity index (χ1n) is 7.46. The van der Waals surface area contributed by atoms with Crippen molar-refractivity contribution in [3.63, 3.8) is 0 Å². The minimum atomic E-state index is -0.791. The van der Waals surface area contributed by atoms with Crippen LogP contribution < -0.4 is 0 Å². The van der Waals surface area contributed by atoms with Gasteiger partial charge < -0.3 is 10.0 Å². The van der Waals surface area contributed by atoms with E-state index in [-0.39, 0.29) is 18.2 Å². The Morgan fingerprint density at radius 3 is 2.32 bits per heavy atom. The second-order valence-corrected chi connectivity index (χ2v) is 6.38. The number of hydrogen-bond acceptors (Lipinski definition) is 2. The molecule has 4 heteroatoms. The maximum atomic E-state index is 12.5. The number of carboxylic acids is 1. The van der Waals surface area contributed by atoms with E-state index in [0.29, 0.717) is 5.92 Å². The lowest BCUT2D eigenvalue weighted by Gasteiger charge is -2.44. The van der Waals surface area contributed by atoms with Crippen LogP contribution in [-0.4, -0.2) is 34.5 Å². The number of carbonyl (C=O) groups excluding carboxylic acids is 1. The Hall–Kier alpha value is -1.06. The van der Waals surface area contributed by atoms with Crippen molar-refractivity contribution in [2.45, 2.75) is 63.8 Å². The highest BCUT2D eigenvalue weighted by molar-refractivity contribution is 5.80. The minimum Gasteiger partial charge on any atom is -0.481 e. The standard InChI is InChI=1S/C15H25NO3/c1-11(12-6-7-12)14(19)16(2)15(10-13(17)18)8-4-3-5-9-15/h11-12H,3-10H2,1-2H3,(H,17,18). The third-order valence-electron chi connectivity index (χ3n) is 5.03. The third-order valence-corrected chi connectivity index (χ3v) is 5.03. The molecular formula is C15H25NO3. The van der Waals surface area contributed by atoms with E-state index in [1.807, 2.05) is 14.0 Å². The largest absolute Gasteiger partial charge is 0.481 e. The van der Waals surface area contributed by atoms with E-state index in [2.05, 4.69) is 0 Å². The van der Waals surface area contributed by atoms with E-state index >= 15 is 0 Å². The van der Waals surface area contributed by atoms with Gasteiger partial charge in [0.05, 0.1) is 12.0 Å². The Balaban J connectivity index is 2.11. The fourth-order valence-electron chi connectivity index (χ4n) is 3.46. The smallest absolute Gasteiger partial charge is 0.305 e. The number of hydrogen-bond donors (Lipinski definition) is 1. The van der Waals surface area contributed by atoms with E-state index < -0.39 is 11.5 Å². The van der Waals surface area contributed by atoms with Crippen LogP contribution in [0, 0.1) is 11.8 Å². The molecule has 108 valence electrons. The van der Waals surface area contributed by atoms with Crippen molar-refractivity contribution < 1.29 is 14.7 Å². The predicted octanol–water partition coefficient (Wildman–Crippen LogP) is 2.67. The molecule has 2 fully saturated rings. The third kappa shape index (κ3) is 3.10. The average molecular weight is 267 g/mol. The molecule has 4 nitrogen and oxygen atoms in total. The van der Waals surface area contributed by atoms with E-state index in [9.17, 15) is 14.7 Å². The summed E-state index contributed by atoms with van der Waals surface area (Å²) in [5.41, 5.74) is -0.440. The fraction of sp³-hybridized carbons (Fsp3) is 0.867.